The van der Waals surface area contributed by atoms with E-state index in [9.17, 15) is 0 Å². The molecule has 0 aromatic rings. The minimum absolute atomic E-state index is 0.333. The molecule has 2 rings (SSSR count). The first-order valence-electron chi connectivity index (χ1n) is 8.15. The van der Waals surface area contributed by atoms with Crippen molar-refractivity contribution in [2.45, 2.75) is 83.2 Å². The van der Waals surface area contributed by atoms with E-state index < -0.39 is 0 Å². The molecular formula is C16H32N2. The molecule has 0 radical (unpaired) electrons. The summed E-state index contributed by atoms with van der Waals surface area (Å²) in [5.74, 6) is 0.902. The third-order valence-corrected chi connectivity index (χ3v) is 5.41. The lowest BCUT2D eigenvalue weighted by molar-refractivity contribution is -0.00173. The SMILES string of the molecule is CC1CCN(C2(CN)CCCCCCC2)C(C)C1. The largest absolute Gasteiger partial charge is 0.329 e. The normalized spacial score (nSPS) is 34.8. The van der Waals surface area contributed by atoms with Gasteiger partial charge in [-0.15, -0.1) is 0 Å². The zero-order valence-corrected chi connectivity index (χ0v) is 12.5. The molecule has 2 fully saturated rings. The van der Waals surface area contributed by atoms with Gasteiger partial charge in [-0.2, -0.15) is 0 Å². The molecule has 0 aromatic carbocycles. The Bertz CT molecular complexity index is 243. The molecule has 2 N–H and O–H groups in total. The van der Waals surface area contributed by atoms with Gasteiger partial charge in [0.1, 0.15) is 0 Å². The van der Waals surface area contributed by atoms with Gasteiger partial charge in [-0.1, -0.05) is 39.0 Å². The van der Waals surface area contributed by atoms with Crippen LogP contribution in [0.4, 0.5) is 0 Å². The quantitative estimate of drug-likeness (QED) is 0.814. The molecular weight excluding hydrogens is 220 g/mol. The molecule has 1 saturated carbocycles. The Kier molecular flexibility index (Phi) is 5.08. The first-order chi connectivity index (χ1) is 8.68. The highest BCUT2D eigenvalue weighted by Crippen LogP contribution is 2.36. The van der Waals surface area contributed by atoms with Crippen molar-refractivity contribution in [3.05, 3.63) is 0 Å². The Balaban J connectivity index is 2.08. The molecule has 18 heavy (non-hydrogen) atoms. The predicted molar refractivity (Wildman–Crippen MR) is 78.7 cm³/mol. The van der Waals surface area contributed by atoms with Gasteiger partial charge in [-0.25, -0.2) is 0 Å². The van der Waals surface area contributed by atoms with Crippen LogP contribution < -0.4 is 5.73 Å². The number of likely N-dealkylation sites (tertiary alicyclic amines) is 1. The second-order valence-corrected chi connectivity index (χ2v) is 6.87. The summed E-state index contributed by atoms with van der Waals surface area (Å²) >= 11 is 0. The van der Waals surface area contributed by atoms with Crippen LogP contribution in [0.2, 0.25) is 0 Å². The van der Waals surface area contributed by atoms with Crippen molar-refractivity contribution in [1.82, 2.24) is 4.90 Å². The molecule has 2 atom stereocenters. The standard InChI is InChI=1S/C16H32N2/c1-14-8-11-18(15(2)12-14)16(13-17)9-6-4-3-5-7-10-16/h14-15H,3-13,17H2,1-2H3. The fourth-order valence-electron chi connectivity index (χ4n) is 4.28. The molecule has 1 saturated heterocycles. The summed E-state index contributed by atoms with van der Waals surface area (Å²) in [6, 6.07) is 0.733. The number of piperidine rings is 1. The third-order valence-electron chi connectivity index (χ3n) is 5.41. The smallest absolute Gasteiger partial charge is 0.0334 e. The molecule has 2 nitrogen and oxygen atoms in total. The average molecular weight is 252 g/mol. The van der Waals surface area contributed by atoms with Crippen LogP contribution in [0.15, 0.2) is 0 Å². The number of rotatable bonds is 2. The summed E-state index contributed by atoms with van der Waals surface area (Å²) in [6.07, 6.45) is 12.4. The minimum Gasteiger partial charge on any atom is -0.329 e. The highest BCUT2D eigenvalue weighted by molar-refractivity contribution is 4.96. The van der Waals surface area contributed by atoms with Gasteiger partial charge in [0.2, 0.25) is 0 Å². The predicted octanol–water partition coefficient (Wildman–Crippen LogP) is 3.55. The molecule has 106 valence electrons. The van der Waals surface area contributed by atoms with E-state index in [0.717, 1.165) is 18.5 Å². The van der Waals surface area contributed by atoms with Crippen LogP contribution in [0.5, 0.6) is 0 Å². The first kappa shape index (κ1) is 14.3. The molecule has 1 heterocycles. The maximum absolute atomic E-state index is 6.24. The van der Waals surface area contributed by atoms with Crippen molar-refractivity contribution in [1.29, 1.82) is 0 Å². The zero-order chi connectivity index (χ0) is 13.0. The number of hydrogen-bond donors (Lipinski definition) is 1. The topological polar surface area (TPSA) is 29.3 Å². The van der Waals surface area contributed by atoms with E-state index in [2.05, 4.69) is 18.7 Å². The second kappa shape index (κ2) is 6.38. The van der Waals surface area contributed by atoms with E-state index >= 15 is 0 Å². The molecule has 2 aliphatic rings. The maximum atomic E-state index is 6.24. The van der Waals surface area contributed by atoms with Gasteiger partial charge < -0.3 is 5.73 Å². The van der Waals surface area contributed by atoms with E-state index in [4.69, 9.17) is 5.73 Å². The second-order valence-electron chi connectivity index (χ2n) is 6.87. The van der Waals surface area contributed by atoms with Gasteiger partial charge >= 0.3 is 0 Å². The number of hydrogen-bond acceptors (Lipinski definition) is 2. The first-order valence-corrected chi connectivity index (χ1v) is 8.15. The van der Waals surface area contributed by atoms with Crippen molar-refractivity contribution in [2.24, 2.45) is 11.7 Å². The van der Waals surface area contributed by atoms with Crippen LogP contribution in [0, 0.1) is 5.92 Å². The Hall–Kier alpha value is -0.0800. The van der Waals surface area contributed by atoms with Gasteiger partial charge in [0.25, 0.3) is 0 Å². The summed E-state index contributed by atoms with van der Waals surface area (Å²) in [5.41, 5.74) is 6.58. The fourth-order valence-corrected chi connectivity index (χ4v) is 4.28. The highest BCUT2D eigenvalue weighted by atomic mass is 15.2. The van der Waals surface area contributed by atoms with Crippen LogP contribution in [0.25, 0.3) is 0 Å². The van der Waals surface area contributed by atoms with Crippen molar-refractivity contribution < 1.29 is 0 Å². The van der Waals surface area contributed by atoms with Crippen molar-refractivity contribution in [3.63, 3.8) is 0 Å². The van der Waals surface area contributed by atoms with Gasteiger partial charge in [-0.3, -0.25) is 4.90 Å². The Morgan fingerprint density at radius 2 is 1.67 bits per heavy atom. The van der Waals surface area contributed by atoms with Crippen molar-refractivity contribution in [3.8, 4) is 0 Å². The van der Waals surface area contributed by atoms with Gasteiger partial charge in [0, 0.05) is 18.1 Å². The van der Waals surface area contributed by atoms with Crippen LogP contribution in [-0.2, 0) is 0 Å². The monoisotopic (exact) mass is 252 g/mol. The van der Waals surface area contributed by atoms with Gasteiger partial charge in [0.05, 0.1) is 0 Å². The summed E-state index contributed by atoms with van der Waals surface area (Å²) < 4.78 is 0. The van der Waals surface area contributed by atoms with E-state index in [1.165, 1.54) is 64.3 Å². The van der Waals surface area contributed by atoms with E-state index in [1.54, 1.807) is 0 Å². The summed E-state index contributed by atoms with van der Waals surface area (Å²) in [4.78, 5) is 2.79. The molecule has 2 unspecified atom stereocenters. The van der Waals surface area contributed by atoms with Crippen molar-refractivity contribution >= 4 is 0 Å². The summed E-state index contributed by atoms with van der Waals surface area (Å²) in [5, 5.41) is 0. The average Bonchev–Trinajstić information content (AvgIpc) is 2.31. The third kappa shape index (κ3) is 3.08. The van der Waals surface area contributed by atoms with Gasteiger partial charge in [0.15, 0.2) is 0 Å². The van der Waals surface area contributed by atoms with Crippen LogP contribution in [0.1, 0.15) is 71.6 Å². The molecule has 1 aliphatic carbocycles. The summed E-state index contributed by atoms with van der Waals surface area (Å²) in [7, 11) is 0. The van der Waals surface area contributed by atoms with Crippen molar-refractivity contribution in [2.75, 3.05) is 13.1 Å². The lowest BCUT2D eigenvalue weighted by atomic mass is 9.79. The van der Waals surface area contributed by atoms with E-state index in [1.807, 2.05) is 0 Å². The molecule has 0 bridgehead atoms. The van der Waals surface area contributed by atoms with Crippen LogP contribution in [0.3, 0.4) is 0 Å². The van der Waals surface area contributed by atoms with E-state index in [-0.39, 0.29) is 0 Å². The Morgan fingerprint density at radius 1 is 1.06 bits per heavy atom. The Morgan fingerprint density at radius 3 is 2.22 bits per heavy atom. The number of nitrogens with two attached hydrogens (primary N) is 1. The minimum atomic E-state index is 0.333. The molecule has 0 amide bonds. The van der Waals surface area contributed by atoms with Gasteiger partial charge in [-0.05, 0) is 45.1 Å². The molecule has 0 spiro atoms. The highest BCUT2D eigenvalue weighted by Gasteiger charge is 2.39. The molecule has 1 aliphatic heterocycles. The molecule has 0 aromatic heterocycles. The summed E-state index contributed by atoms with van der Waals surface area (Å²) in [6.45, 7) is 6.97. The lowest BCUT2D eigenvalue weighted by Crippen LogP contribution is -2.59. The van der Waals surface area contributed by atoms with Crippen LogP contribution in [-0.4, -0.2) is 29.6 Å². The fraction of sp³-hybridized carbons (Fsp3) is 1.00. The van der Waals surface area contributed by atoms with E-state index in [0.29, 0.717) is 5.54 Å². The lowest BCUT2D eigenvalue weighted by Gasteiger charge is -2.51. The number of nitrogens with zero attached hydrogens (tertiary/aromatic N) is 1. The zero-order valence-electron chi connectivity index (χ0n) is 12.5. The Labute approximate surface area is 113 Å². The maximum Gasteiger partial charge on any atom is 0.0334 e. The van der Waals surface area contributed by atoms with Crippen LogP contribution >= 0.6 is 0 Å². The molecule has 2 heteroatoms.